The maximum absolute atomic E-state index is 12.2. The number of amides is 1. The molecule has 3 heterocycles. The van der Waals surface area contributed by atoms with Gasteiger partial charge in [-0.05, 0) is 45.1 Å². The molecule has 0 radical (unpaired) electrons. The van der Waals surface area contributed by atoms with Gasteiger partial charge in [-0.15, -0.1) is 0 Å². The van der Waals surface area contributed by atoms with Crippen LogP contribution in [0.5, 0.6) is 0 Å². The van der Waals surface area contributed by atoms with Crippen molar-refractivity contribution in [2.24, 2.45) is 0 Å². The average Bonchev–Trinajstić information content (AvgIpc) is 3.13. The van der Waals surface area contributed by atoms with Crippen molar-refractivity contribution in [3.05, 3.63) is 36.4 Å². The van der Waals surface area contributed by atoms with Gasteiger partial charge in [0.05, 0.1) is 0 Å². The zero-order valence-electron chi connectivity index (χ0n) is 12.1. The number of carbonyl (C=O) groups is 1. The summed E-state index contributed by atoms with van der Waals surface area (Å²) in [5.74, 6) is -0.0937. The van der Waals surface area contributed by atoms with Gasteiger partial charge < -0.3 is 10.2 Å². The lowest BCUT2D eigenvalue weighted by atomic mass is 10.1. The topological polar surface area (TPSA) is 68.0 Å². The fourth-order valence-corrected chi connectivity index (χ4v) is 2.51. The van der Waals surface area contributed by atoms with Crippen molar-refractivity contribution in [3.63, 3.8) is 0 Å². The van der Waals surface area contributed by atoms with E-state index in [2.05, 4.69) is 27.5 Å². The van der Waals surface area contributed by atoms with Crippen LogP contribution in [0, 0.1) is 0 Å². The van der Waals surface area contributed by atoms with E-state index in [1.807, 2.05) is 12.3 Å². The first-order chi connectivity index (χ1) is 10.2. The van der Waals surface area contributed by atoms with Gasteiger partial charge in [0, 0.05) is 24.6 Å². The Bertz CT molecular complexity index is 582. The largest absolute Gasteiger partial charge is 0.348 e. The number of hydrogen-bond donors (Lipinski definition) is 1. The summed E-state index contributed by atoms with van der Waals surface area (Å²) in [6.07, 6.45) is 7.37. The zero-order chi connectivity index (χ0) is 14.7. The Kier molecular flexibility index (Phi) is 4.01. The minimum absolute atomic E-state index is 0.0937. The van der Waals surface area contributed by atoms with Crippen LogP contribution in [0.1, 0.15) is 23.3 Å². The molecule has 2 aromatic heterocycles. The number of rotatable bonds is 4. The highest BCUT2D eigenvalue weighted by atomic mass is 16.2. The number of piperidine rings is 1. The number of hydrogen-bond acceptors (Lipinski definition) is 4. The standard InChI is InChI=1S/C14H20N6O/c1-18-8-3-12(4-9-18)16-14(21)13-5-10-20(17-13)11-19-7-2-6-15-19/h2,5-7,10,12H,3-4,8-9,11H2,1H3,(H,16,21). The van der Waals surface area contributed by atoms with E-state index in [-0.39, 0.29) is 11.9 Å². The summed E-state index contributed by atoms with van der Waals surface area (Å²) >= 11 is 0. The number of carbonyl (C=O) groups excluding carboxylic acids is 1. The Hall–Kier alpha value is -2.15. The van der Waals surface area contributed by atoms with Crippen molar-refractivity contribution in [1.29, 1.82) is 0 Å². The second-order valence-corrected chi connectivity index (χ2v) is 5.48. The molecule has 1 fully saturated rings. The van der Waals surface area contributed by atoms with Crippen LogP contribution in [0.3, 0.4) is 0 Å². The van der Waals surface area contributed by atoms with Gasteiger partial charge in [0.25, 0.3) is 5.91 Å². The number of aromatic nitrogens is 4. The second-order valence-electron chi connectivity index (χ2n) is 5.48. The van der Waals surface area contributed by atoms with E-state index < -0.39 is 0 Å². The van der Waals surface area contributed by atoms with Crippen LogP contribution in [0.15, 0.2) is 30.7 Å². The summed E-state index contributed by atoms with van der Waals surface area (Å²) in [4.78, 5) is 14.5. The van der Waals surface area contributed by atoms with Crippen LogP contribution in [0.4, 0.5) is 0 Å². The molecule has 112 valence electrons. The minimum atomic E-state index is -0.0937. The minimum Gasteiger partial charge on any atom is -0.348 e. The van der Waals surface area contributed by atoms with Crippen LogP contribution < -0.4 is 5.32 Å². The highest BCUT2D eigenvalue weighted by Gasteiger charge is 2.20. The summed E-state index contributed by atoms with van der Waals surface area (Å²) in [6, 6.07) is 3.86. The van der Waals surface area contributed by atoms with Crippen molar-refractivity contribution in [3.8, 4) is 0 Å². The Balaban J connectivity index is 1.56. The van der Waals surface area contributed by atoms with Crippen molar-refractivity contribution < 1.29 is 4.79 Å². The molecule has 2 aromatic rings. The van der Waals surface area contributed by atoms with E-state index >= 15 is 0 Å². The predicted molar refractivity (Wildman–Crippen MR) is 77.8 cm³/mol. The quantitative estimate of drug-likeness (QED) is 0.885. The van der Waals surface area contributed by atoms with Crippen LogP contribution >= 0.6 is 0 Å². The van der Waals surface area contributed by atoms with E-state index in [0.29, 0.717) is 12.4 Å². The molecule has 21 heavy (non-hydrogen) atoms. The van der Waals surface area contributed by atoms with Gasteiger partial charge in [0.15, 0.2) is 0 Å². The Morgan fingerprint density at radius 1 is 1.33 bits per heavy atom. The maximum atomic E-state index is 12.2. The van der Waals surface area contributed by atoms with E-state index in [9.17, 15) is 4.79 Å². The lowest BCUT2D eigenvalue weighted by Crippen LogP contribution is -2.43. The van der Waals surface area contributed by atoms with Crippen molar-refractivity contribution >= 4 is 5.91 Å². The van der Waals surface area contributed by atoms with Gasteiger partial charge in [-0.3, -0.25) is 14.2 Å². The molecule has 0 aliphatic carbocycles. The molecule has 7 heteroatoms. The molecule has 0 atom stereocenters. The summed E-state index contributed by atoms with van der Waals surface area (Å²) in [6.45, 7) is 2.56. The first-order valence-corrected chi connectivity index (χ1v) is 7.21. The Morgan fingerprint density at radius 2 is 2.14 bits per heavy atom. The summed E-state index contributed by atoms with van der Waals surface area (Å²) < 4.78 is 3.46. The summed E-state index contributed by atoms with van der Waals surface area (Å²) in [7, 11) is 2.11. The van der Waals surface area contributed by atoms with Gasteiger partial charge >= 0.3 is 0 Å². The van der Waals surface area contributed by atoms with Crippen LogP contribution in [-0.2, 0) is 6.67 Å². The second kappa shape index (κ2) is 6.09. The van der Waals surface area contributed by atoms with Crippen LogP contribution in [-0.4, -0.2) is 56.5 Å². The molecule has 0 saturated carbocycles. The normalized spacial score (nSPS) is 17.0. The van der Waals surface area contributed by atoms with Crippen LogP contribution in [0.25, 0.3) is 0 Å². The van der Waals surface area contributed by atoms with E-state index in [1.165, 1.54) is 0 Å². The van der Waals surface area contributed by atoms with E-state index in [1.54, 1.807) is 27.8 Å². The molecule has 1 aliphatic heterocycles. The Morgan fingerprint density at radius 3 is 2.86 bits per heavy atom. The molecular weight excluding hydrogens is 268 g/mol. The monoisotopic (exact) mass is 288 g/mol. The molecule has 1 saturated heterocycles. The first-order valence-electron chi connectivity index (χ1n) is 7.21. The molecule has 3 rings (SSSR count). The zero-order valence-corrected chi connectivity index (χ0v) is 12.1. The molecule has 0 bridgehead atoms. The molecule has 7 nitrogen and oxygen atoms in total. The number of nitrogens with zero attached hydrogens (tertiary/aromatic N) is 5. The van der Waals surface area contributed by atoms with E-state index in [0.717, 1.165) is 25.9 Å². The summed E-state index contributed by atoms with van der Waals surface area (Å²) in [5, 5.41) is 11.5. The van der Waals surface area contributed by atoms with Crippen molar-refractivity contribution in [1.82, 2.24) is 29.8 Å². The van der Waals surface area contributed by atoms with Crippen molar-refractivity contribution in [2.45, 2.75) is 25.6 Å². The number of nitrogens with one attached hydrogen (secondary N) is 1. The highest BCUT2D eigenvalue weighted by Crippen LogP contribution is 2.09. The van der Waals surface area contributed by atoms with Gasteiger partial charge in [-0.2, -0.15) is 10.2 Å². The van der Waals surface area contributed by atoms with Gasteiger partial charge in [0.1, 0.15) is 12.4 Å². The molecule has 0 spiro atoms. The molecular formula is C14H20N6O. The summed E-state index contributed by atoms with van der Waals surface area (Å²) in [5.41, 5.74) is 0.459. The van der Waals surface area contributed by atoms with Gasteiger partial charge in [-0.1, -0.05) is 0 Å². The smallest absolute Gasteiger partial charge is 0.271 e. The predicted octanol–water partition coefficient (Wildman–Crippen LogP) is 0.409. The Labute approximate surface area is 123 Å². The number of likely N-dealkylation sites (tertiary alicyclic amines) is 1. The maximum Gasteiger partial charge on any atom is 0.271 e. The van der Waals surface area contributed by atoms with E-state index in [4.69, 9.17) is 0 Å². The molecule has 1 aliphatic rings. The third-order valence-electron chi connectivity index (χ3n) is 3.78. The SMILES string of the molecule is CN1CCC(NC(=O)c2ccn(Cn3cccn3)n2)CC1. The fourth-order valence-electron chi connectivity index (χ4n) is 2.51. The molecule has 1 amide bonds. The third-order valence-corrected chi connectivity index (χ3v) is 3.78. The lowest BCUT2D eigenvalue weighted by Gasteiger charge is -2.29. The van der Waals surface area contributed by atoms with Crippen LogP contribution in [0.2, 0.25) is 0 Å². The lowest BCUT2D eigenvalue weighted by molar-refractivity contribution is 0.0910. The fraction of sp³-hybridized carbons (Fsp3) is 0.500. The molecule has 0 unspecified atom stereocenters. The molecule has 1 N–H and O–H groups in total. The highest BCUT2D eigenvalue weighted by molar-refractivity contribution is 5.92. The first kappa shape index (κ1) is 13.8. The van der Waals surface area contributed by atoms with Gasteiger partial charge in [-0.25, -0.2) is 0 Å². The van der Waals surface area contributed by atoms with Crippen molar-refractivity contribution in [2.75, 3.05) is 20.1 Å². The van der Waals surface area contributed by atoms with Gasteiger partial charge in [0.2, 0.25) is 0 Å². The third kappa shape index (κ3) is 3.49. The average molecular weight is 288 g/mol. The molecule has 0 aromatic carbocycles.